The molecule has 1 aliphatic rings. The smallest absolute Gasteiger partial charge is 0.393 e. The first-order chi connectivity index (χ1) is 14.4. The van der Waals surface area contributed by atoms with Gasteiger partial charge < -0.3 is 15.8 Å². The molecule has 0 bridgehead atoms. The van der Waals surface area contributed by atoms with Gasteiger partial charge >= 0.3 is 12.4 Å². The number of hydrogen-bond donors (Lipinski definition) is 3. The molecule has 4 nitrogen and oxygen atoms in total. The van der Waals surface area contributed by atoms with E-state index in [0.29, 0.717) is 11.2 Å². The van der Waals surface area contributed by atoms with Crippen LogP contribution >= 0.6 is 0 Å². The Morgan fingerprint density at radius 1 is 1.19 bits per heavy atom. The Morgan fingerprint density at radius 2 is 1.84 bits per heavy atom. The van der Waals surface area contributed by atoms with Gasteiger partial charge in [0.2, 0.25) is 0 Å². The van der Waals surface area contributed by atoms with Gasteiger partial charge in [0, 0.05) is 11.1 Å². The van der Waals surface area contributed by atoms with E-state index < -0.39 is 24.0 Å². The fraction of sp³-hybridized carbons (Fsp3) is 0.571. The number of nitrogens with zero attached hydrogens (tertiary/aromatic N) is 1. The number of nitrogens with two attached hydrogens (primary N) is 1. The van der Waals surface area contributed by atoms with E-state index in [4.69, 9.17) is 10.8 Å². The van der Waals surface area contributed by atoms with Crippen molar-refractivity contribution in [3.8, 4) is 0 Å². The minimum Gasteiger partial charge on any atom is -0.393 e. The van der Waals surface area contributed by atoms with E-state index in [1.807, 2.05) is 13.8 Å². The van der Waals surface area contributed by atoms with Gasteiger partial charge in [-0.25, -0.2) is 4.98 Å². The topological polar surface area (TPSA) is 74.9 Å². The zero-order valence-corrected chi connectivity index (χ0v) is 17.7. The summed E-state index contributed by atoms with van der Waals surface area (Å²) in [6.07, 6.45) is -3.36. The SMILES string of the molecule is CC.CC(O)CCCCN.FC(F)(F)c1cc2c3c([nH]c2cn1)C=CC(C(F)(F)F)C3. The third-order valence-electron chi connectivity index (χ3n) is 4.53. The molecule has 10 heteroatoms. The van der Waals surface area contributed by atoms with E-state index in [0.717, 1.165) is 44.1 Å². The highest BCUT2D eigenvalue weighted by atomic mass is 19.4. The molecule has 176 valence electrons. The Morgan fingerprint density at radius 3 is 2.35 bits per heavy atom. The average Bonchev–Trinajstić information content (AvgIpc) is 3.06. The van der Waals surface area contributed by atoms with Crippen LogP contribution in [0.25, 0.3) is 17.0 Å². The monoisotopic (exact) mass is 453 g/mol. The highest BCUT2D eigenvalue weighted by Crippen LogP contribution is 2.38. The zero-order chi connectivity index (χ0) is 23.8. The summed E-state index contributed by atoms with van der Waals surface area (Å²) < 4.78 is 76.2. The molecule has 0 radical (unpaired) electrons. The molecule has 2 heterocycles. The lowest BCUT2D eigenvalue weighted by atomic mass is 9.91. The van der Waals surface area contributed by atoms with Gasteiger partial charge in [0.05, 0.1) is 23.7 Å². The number of halogens is 6. The van der Waals surface area contributed by atoms with Gasteiger partial charge in [0.15, 0.2) is 0 Å². The van der Waals surface area contributed by atoms with Crippen molar-refractivity contribution in [3.63, 3.8) is 0 Å². The summed E-state index contributed by atoms with van der Waals surface area (Å²) in [4.78, 5) is 6.07. The van der Waals surface area contributed by atoms with Gasteiger partial charge in [0.25, 0.3) is 0 Å². The Hall–Kier alpha value is -2.07. The number of pyridine rings is 1. The summed E-state index contributed by atoms with van der Waals surface area (Å²) in [6.45, 7) is 6.54. The van der Waals surface area contributed by atoms with Gasteiger partial charge in [-0.1, -0.05) is 19.9 Å². The number of aliphatic hydroxyl groups excluding tert-OH is 1. The third kappa shape index (κ3) is 7.84. The van der Waals surface area contributed by atoms with Crippen molar-refractivity contribution < 1.29 is 31.4 Å². The van der Waals surface area contributed by atoms with Crippen LogP contribution in [-0.4, -0.2) is 33.9 Å². The number of rotatable bonds is 4. The maximum Gasteiger partial charge on any atom is 0.433 e. The van der Waals surface area contributed by atoms with Gasteiger partial charge in [-0.3, -0.25) is 0 Å². The second kappa shape index (κ2) is 11.5. The first kappa shape index (κ1) is 27.0. The molecule has 0 aliphatic heterocycles. The molecule has 0 saturated carbocycles. The van der Waals surface area contributed by atoms with E-state index in [1.54, 1.807) is 6.92 Å². The van der Waals surface area contributed by atoms with Crippen molar-refractivity contribution in [1.82, 2.24) is 9.97 Å². The van der Waals surface area contributed by atoms with Crippen molar-refractivity contribution in [2.24, 2.45) is 11.7 Å². The molecule has 3 rings (SSSR count). The summed E-state index contributed by atoms with van der Waals surface area (Å²) >= 11 is 0. The molecule has 0 fully saturated rings. The minimum atomic E-state index is -4.63. The van der Waals surface area contributed by atoms with Crippen LogP contribution in [-0.2, 0) is 12.6 Å². The molecule has 0 aromatic carbocycles. The maximum absolute atomic E-state index is 12.8. The van der Waals surface area contributed by atoms with Gasteiger partial charge in [-0.05, 0) is 56.9 Å². The lowest BCUT2D eigenvalue weighted by Crippen LogP contribution is -2.24. The van der Waals surface area contributed by atoms with Gasteiger partial charge in [-0.2, -0.15) is 26.3 Å². The van der Waals surface area contributed by atoms with E-state index in [1.165, 1.54) is 6.08 Å². The van der Waals surface area contributed by atoms with Crippen LogP contribution < -0.4 is 5.73 Å². The van der Waals surface area contributed by atoms with Crippen molar-refractivity contribution in [3.05, 3.63) is 35.3 Å². The molecular formula is C21H29F6N3O. The number of hydrogen-bond acceptors (Lipinski definition) is 3. The number of aromatic nitrogens is 2. The molecule has 1 aliphatic carbocycles. The standard InChI is InChI=1S/C13H8F6N2.C6H15NO.C2H6/c14-12(15,16)6-1-2-9-7(3-6)8-4-11(13(17,18)19)20-5-10(8)21-9;1-6(8)4-2-3-5-7;1-2/h1-2,4-6,21H,3H2;6,8H,2-5,7H2,1H3;1-2H3. The van der Waals surface area contributed by atoms with E-state index >= 15 is 0 Å². The lowest BCUT2D eigenvalue weighted by Gasteiger charge is -2.20. The second-order valence-electron chi connectivity index (χ2n) is 6.97. The molecular weight excluding hydrogens is 424 g/mol. The van der Waals surface area contributed by atoms with Crippen LogP contribution in [0.3, 0.4) is 0 Å². The Labute approximate surface area is 177 Å². The summed E-state index contributed by atoms with van der Waals surface area (Å²) in [5.41, 5.74) is 5.04. The summed E-state index contributed by atoms with van der Waals surface area (Å²) in [5.74, 6) is -1.69. The fourth-order valence-corrected chi connectivity index (χ4v) is 3.00. The molecule has 31 heavy (non-hydrogen) atoms. The minimum absolute atomic E-state index is 0.130. The largest absolute Gasteiger partial charge is 0.433 e. The normalized spacial score (nSPS) is 16.7. The quantitative estimate of drug-likeness (QED) is 0.401. The van der Waals surface area contributed by atoms with Crippen molar-refractivity contribution >= 4 is 17.0 Å². The number of nitrogens with one attached hydrogen (secondary N) is 1. The number of unbranched alkanes of at least 4 members (excludes halogenated alkanes) is 1. The number of alkyl halides is 6. The zero-order valence-electron chi connectivity index (χ0n) is 17.7. The van der Waals surface area contributed by atoms with E-state index in [2.05, 4.69) is 9.97 Å². The predicted molar refractivity (Wildman–Crippen MR) is 109 cm³/mol. The summed E-state index contributed by atoms with van der Waals surface area (Å²) in [5, 5.41) is 8.87. The number of H-pyrrole nitrogens is 1. The van der Waals surface area contributed by atoms with E-state index in [-0.39, 0.29) is 23.5 Å². The van der Waals surface area contributed by atoms with Gasteiger partial charge in [-0.15, -0.1) is 0 Å². The van der Waals surface area contributed by atoms with Crippen molar-refractivity contribution in [2.75, 3.05) is 6.54 Å². The molecule has 0 spiro atoms. The maximum atomic E-state index is 12.8. The summed E-state index contributed by atoms with van der Waals surface area (Å²) in [7, 11) is 0. The predicted octanol–water partition coefficient (Wildman–Crippen LogP) is 5.85. The molecule has 2 atom stereocenters. The van der Waals surface area contributed by atoms with Crippen LogP contribution in [0.1, 0.15) is 57.0 Å². The molecule has 0 saturated heterocycles. The lowest BCUT2D eigenvalue weighted by molar-refractivity contribution is -0.160. The molecule has 2 aromatic heterocycles. The Bertz CT molecular complexity index is 840. The molecule has 2 unspecified atom stereocenters. The fourth-order valence-electron chi connectivity index (χ4n) is 3.00. The Kier molecular flexibility index (Phi) is 10.0. The summed E-state index contributed by atoms with van der Waals surface area (Å²) in [6, 6.07) is 0.789. The van der Waals surface area contributed by atoms with Gasteiger partial charge in [0.1, 0.15) is 5.69 Å². The van der Waals surface area contributed by atoms with Crippen molar-refractivity contribution in [2.45, 2.75) is 64.9 Å². The Balaban J connectivity index is 0.000000409. The van der Waals surface area contributed by atoms with Crippen LogP contribution in [0.5, 0.6) is 0 Å². The second-order valence-corrected chi connectivity index (χ2v) is 6.97. The van der Waals surface area contributed by atoms with Crippen LogP contribution in [0.15, 0.2) is 18.3 Å². The van der Waals surface area contributed by atoms with Crippen LogP contribution in [0, 0.1) is 5.92 Å². The molecule has 2 aromatic rings. The first-order valence-electron chi connectivity index (χ1n) is 10.1. The molecule has 4 N–H and O–H groups in total. The number of aromatic amines is 1. The van der Waals surface area contributed by atoms with Crippen molar-refractivity contribution in [1.29, 1.82) is 0 Å². The number of allylic oxidation sites excluding steroid dienone is 1. The number of aliphatic hydroxyl groups is 1. The highest BCUT2D eigenvalue weighted by molar-refractivity contribution is 5.87. The number of fused-ring (bicyclic) bond motifs is 3. The van der Waals surface area contributed by atoms with E-state index in [9.17, 15) is 26.3 Å². The van der Waals surface area contributed by atoms with Crippen LogP contribution in [0.2, 0.25) is 0 Å². The average molecular weight is 453 g/mol. The molecule has 0 amide bonds. The third-order valence-corrected chi connectivity index (χ3v) is 4.53. The van der Waals surface area contributed by atoms with Crippen LogP contribution in [0.4, 0.5) is 26.3 Å². The highest BCUT2D eigenvalue weighted by Gasteiger charge is 2.40. The first-order valence-corrected chi connectivity index (χ1v) is 10.1.